The fourth-order valence-corrected chi connectivity index (χ4v) is 2.61. The van der Waals surface area contributed by atoms with Crippen molar-refractivity contribution >= 4 is 0 Å². The molecule has 82 valence electrons. The smallest absolute Gasteiger partial charge is 0.0599 e. The Morgan fingerprint density at radius 3 is 1.73 bits per heavy atom. The van der Waals surface area contributed by atoms with Crippen LogP contribution >= 0.6 is 0 Å². The molecule has 15 heavy (non-hydrogen) atoms. The lowest BCUT2D eigenvalue weighted by Crippen LogP contribution is -2.43. The maximum Gasteiger partial charge on any atom is 0.0599 e. The molecule has 2 N–H and O–H groups in total. The van der Waals surface area contributed by atoms with Crippen molar-refractivity contribution in [2.75, 3.05) is 0 Å². The van der Waals surface area contributed by atoms with E-state index in [1.54, 1.807) is 13.8 Å². The third-order valence-corrected chi connectivity index (χ3v) is 3.82. The quantitative estimate of drug-likeness (QED) is 0.770. The molecule has 0 heterocycles. The predicted molar refractivity (Wildman–Crippen MR) is 59.6 cm³/mol. The summed E-state index contributed by atoms with van der Waals surface area (Å²) < 4.78 is 0. The average molecular weight is 206 g/mol. The van der Waals surface area contributed by atoms with Crippen LogP contribution in [-0.4, -0.2) is 22.4 Å². The van der Waals surface area contributed by atoms with Crippen molar-refractivity contribution < 1.29 is 10.2 Å². The van der Waals surface area contributed by atoms with Crippen molar-refractivity contribution in [1.82, 2.24) is 0 Å². The third-order valence-electron chi connectivity index (χ3n) is 3.82. The Labute approximate surface area is 90.6 Å². The van der Waals surface area contributed by atoms with Crippen LogP contribution in [0.5, 0.6) is 0 Å². The molecule has 1 aliphatic carbocycles. The van der Waals surface area contributed by atoms with Crippen LogP contribution in [0.25, 0.3) is 0 Å². The van der Waals surface area contributed by atoms with Gasteiger partial charge in [0.2, 0.25) is 0 Å². The lowest BCUT2D eigenvalue weighted by atomic mass is 9.75. The normalized spacial score (nSPS) is 22.1. The highest BCUT2D eigenvalue weighted by atomic mass is 16.3. The molecule has 1 aromatic rings. The average Bonchev–Trinajstić information content (AvgIpc) is 2.57. The van der Waals surface area contributed by atoms with Crippen molar-refractivity contribution in [3.8, 4) is 0 Å². The van der Waals surface area contributed by atoms with E-state index in [1.807, 2.05) is 12.1 Å². The van der Waals surface area contributed by atoms with E-state index in [0.29, 0.717) is 0 Å². The first kappa shape index (κ1) is 10.7. The summed E-state index contributed by atoms with van der Waals surface area (Å²) in [6, 6.07) is 8.20. The number of rotatable bonds is 2. The van der Waals surface area contributed by atoms with Crippen LogP contribution in [0.3, 0.4) is 0 Å². The summed E-state index contributed by atoms with van der Waals surface area (Å²) in [5.41, 5.74) is 2.14. The molecule has 2 heteroatoms. The molecular formula is C13H18O2. The van der Waals surface area contributed by atoms with Crippen LogP contribution < -0.4 is 0 Å². The van der Waals surface area contributed by atoms with Crippen LogP contribution in [-0.2, 0) is 12.8 Å². The Balaban J connectivity index is 2.36. The minimum atomic E-state index is -0.482. The SMILES string of the molecule is CC(O)C1(C(C)O)Cc2ccccc2C1. The highest BCUT2D eigenvalue weighted by Gasteiger charge is 2.44. The van der Waals surface area contributed by atoms with Gasteiger partial charge in [0.25, 0.3) is 0 Å². The van der Waals surface area contributed by atoms with Crippen LogP contribution in [0.1, 0.15) is 25.0 Å². The lowest BCUT2D eigenvalue weighted by Gasteiger charge is -2.35. The topological polar surface area (TPSA) is 40.5 Å². The molecule has 0 fully saturated rings. The summed E-state index contributed by atoms with van der Waals surface area (Å²) in [6.45, 7) is 3.55. The Bertz CT molecular complexity index is 320. The lowest BCUT2D eigenvalue weighted by molar-refractivity contribution is -0.0474. The Morgan fingerprint density at radius 2 is 1.40 bits per heavy atom. The first-order valence-electron chi connectivity index (χ1n) is 5.49. The van der Waals surface area contributed by atoms with Gasteiger partial charge in [-0.3, -0.25) is 0 Å². The van der Waals surface area contributed by atoms with E-state index in [2.05, 4.69) is 12.1 Å². The summed E-state index contributed by atoms with van der Waals surface area (Å²) >= 11 is 0. The van der Waals surface area contributed by atoms with Gasteiger partial charge in [0.1, 0.15) is 0 Å². The number of benzene rings is 1. The van der Waals surface area contributed by atoms with Gasteiger partial charge < -0.3 is 10.2 Å². The van der Waals surface area contributed by atoms with Crippen molar-refractivity contribution in [2.45, 2.75) is 38.9 Å². The van der Waals surface area contributed by atoms with Gasteiger partial charge in [0.15, 0.2) is 0 Å². The van der Waals surface area contributed by atoms with E-state index in [4.69, 9.17) is 0 Å². The van der Waals surface area contributed by atoms with E-state index in [1.165, 1.54) is 11.1 Å². The summed E-state index contributed by atoms with van der Waals surface area (Å²) in [5, 5.41) is 19.8. The zero-order valence-electron chi connectivity index (χ0n) is 9.27. The maximum atomic E-state index is 9.89. The summed E-state index contributed by atoms with van der Waals surface area (Å²) in [7, 11) is 0. The molecule has 1 aliphatic rings. The Kier molecular flexibility index (Phi) is 2.57. The Hall–Kier alpha value is -0.860. The molecule has 2 rings (SSSR count). The van der Waals surface area contributed by atoms with Gasteiger partial charge in [-0.25, -0.2) is 0 Å². The number of hydrogen-bond donors (Lipinski definition) is 2. The van der Waals surface area contributed by atoms with Crippen LogP contribution in [0, 0.1) is 5.41 Å². The van der Waals surface area contributed by atoms with Crippen molar-refractivity contribution in [2.24, 2.45) is 5.41 Å². The number of aliphatic hydroxyl groups excluding tert-OH is 2. The van der Waals surface area contributed by atoms with Crippen LogP contribution in [0.15, 0.2) is 24.3 Å². The fourth-order valence-electron chi connectivity index (χ4n) is 2.61. The zero-order chi connectivity index (χ0) is 11.1. The minimum absolute atomic E-state index is 0.385. The molecule has 0 bridgehead atoms. The molecule has 0 amide bonds. The molecule has 2 atom stereocenters. The molecule has 0 spiro atoms. The summed E-state index contributed by atoms with van der Waals surface area (Å²) in [4.78, 5) is 0. The van der Waals surface area contributed by atoms with Gasteiger partial charge >= 0.3 is 0 Å². The highest BCUT2D eigenvalue weighted by Crippen LogP contribution is 2.42. The van der Waals surface area contributed by atoms with E-state index < -0.39 is 12.2 Å². The third kappa shape index (κ3) is 1.58. The van der Waals surface area contributed by atoms with Gasteiger partial charge in [0.05, 0.1) is 12.2 Å². The fraction of sp³-hybridized carbons (Fsp3) is 0.538. The minimum Gasteiger partial charge on any atom is -0.393 e. The van der Waals surface area contributed by atoms with Crippen LogP contribution in [0.4, 0.5) is 0 Å². The number of aliphatic hydroxyl groups is 2. The van der Waals surface area contributed by atoms with Gasteiger partial charge in [-0.2, -0.15) is 0 Å². The molecule has 0 radical (unpaired) electrons. The Morgan fingerprint density at radius 1 is 1.00 bits per heavy atom. The monoisotopic (exact) mass is 206 g/mol. The van der Waals surface area contributed by atoms with E-state index in [-0.39, 0.29) is 5.41 Å². The molecule has 0 saturated heterocycles. The molecule has 2 nitrogen and oxygen atoms in total. The van der Waals surface area contributed by atoms with Crippen molar-refractivity contribution in [1.29, 1.82) is 0 Å². The number of fused-ring (bicyclic) bond motifs is 1. The van der Waals surface area contributed by atoms with Crippen molar-refractivity contribution in [3.05, 3.63) is 35.4 Å². The van der Waals surface area contributed by atoms with Gasteiger partial charge in [0, 0.05) is 5.41 Å². The van der Waals surface area contributed by atoms with Gasteiger partial charge in [-0.05, 0) is 37.8 Å². The second-order valence-corrected chi connectivity index (χ2v) is 4.71. The van der Waals surface area contributed by atoms with Gasteiger partial charge in [-0.15, -0.1) is 0 Å². The molecule has 0 aliphatic heterocycles. The molecular weight excluding hydrogens is 188 g/mol. The summed E-state index contributed by atoms with van der Waals surface area (Å²) in [6.07, 6.45) is 0.589. The first-order chi connectivity index (χ1) is 7.06. The number of hydrogen-bond acceptors (Lipinski definition) is 2. The summed E-state index contributed by atoms with van der Waals surface area (Å²) in [5.74, 6) is 0. The standard InChI is InChI=1S/C13H18O2/c1-9(14)13(10(2)15)7-11-5-3-4-6-12(11)8-13/h3-6,9-10,14-15H,7-8H2,1-2H3. The van der Waals surface area contributed by atoms with E-state index in [9.17, 15) is 10.2 Å². The highest BCUT2D eigenvalue weighted by molar-refractivity contribution is 5.35. The first-order valence-corrected chi connectivity index (χ1v) is 5.49. The van der Waals surface area contributed by atoms with Crippen LogP contribution in [0.2, 0.25) is 0 Å². The van der Waals surface area contributed by atoms with Gasteiger partial charge in [-0.1, -0.05) is 24.3 Å². The second-order valence-electron chi connectivity index (χ2n) is 4.71. The molecule has 0 aromatic heterocycles. The molecule has 2 unspecified atom stereocenters. The zero-order valence-corrected chi connectivity index (χ0v) is 9.27. The molecule has 1 aromatic carbocycles. The molecule has 0 saturated carbocycles. The van der Waals surface area contributed by atoms with E-state index in [0.717, 1.165) is 12.8 Å². The van der Waals surface area contributed by atoms with E-state index >= 15 is 0 Å². The largest absolute Gasteiger partial charge is 0.393 e. The van der Waals surface area contributed by atoms with Crippen molar-refractivity contribution in [3.63, 3.8) is 0 Å². The predicted octanol–water partition coefficient (Wildman–Crippen LogP) is 1.53. The second kappa shape index (κ2) is 3.62. The maximum absolute atomic E-state index is 9.89.